The third-order valence-electron chi connectivity index (χ3n) is 3.47. The first-order chi connectivity index (χ1) is 10.1. The Morgan fingerprint density at radius 1 is 1.38 bits per heavy atom. The Kier molecular flexibility index (Phi) is 3.65. The fraction of sp³-hybridized carbons (Fsp3) is 0.286. The smallest absolute Gasteiger partial charge is 0.329 e. The van der Waals surface area contributed by atoms with Gasteiger partial charge in [0.15, 0.2) is 0 Å². The monoisotopic (exact) mass is 310 g/mol. The first-order valence-corrected chi connectivity index (χ1v) is 6.83. The van der Waals surface area contributed by atoms with Crippen LogP contribution in [0.5, 0.6) is 0 Å². The van der Waals surface area contributed by atoms with Gasteiger partial charge in [-0.25, -0.2) is 9.18 Å². The molecule has 0 radical (unpaired) electrons. The van der Waals surface area contributed by atoms with E-state index >= 15 is 0 Å². The average molecular weight is 311 g/mol. The van der Waals surface area contributed by atoms with E-state index in [0.29, 0.717) is 25.2 Å². The fourth-order valence-electron chi connectivity index (χ4n) is 2.47. The zero-order chi connectivity index (χ0) is 15.0. The van der Waals surface area contributed by atoms with Crippen LogP contribution in [0.15, 0.2) is 33.9 Å². The van der Waals surface area contributed by atoms with E-state index in [0.717, 1.165) is 4.57 Å². The van der Waals surface area contributed by atoms with Crippen LogP contribution < -0.4 is 11.2 Å². The summed E-state index contributed by atoms with van der Waals surface area (Å²) in [5.41, 5.74) is -0.706. The molecule has 1 N–H and O–H groups in total. The van der Waals surface area contributed by atoms with Gasteiger partial charge in [0.1, 0.15) is 11.0 Å². The molecular formula is C14H12ClFN2O3. The van der Waals surface area contributed by atoms with Crippen LogP contribution in [0.25, 0.3) is 11.1 Å². The Morgan fingerprint density at radius 3 is 2.86 bits per heavy atom. The minimum absolute atomic E-state index is 0.0858. The fourth-order valence-corrected chi connectivity index (χ4v) is 2.75. The molecule has 1 aromatic carbocycles. The van der Waals surface area contributed by atoms with Crippen molar-refractivity contribution < 1.29 is 9.13 Å². The number of H-pyrrole nitrogens is 1. The zero-order valence-electron chi connectivity index (χ0n) is 10.9. The largest absolute Gasteiger partial charge is 0.379 e. The summed E-state index contributed by atoms with van der Waals surface area (Å²) in [7, 11) is 0. The molecule has 21 heavy (non-hydrogen) atoms. The molecule has 0 aliphatic carbocycles. The maximum Gasteiger partial charge on any atom is 0.329 e. The van der Waals surface area contributed by atoms with Gasteiger partial charge in [0.25, 0.3) is 5.56 Å². The van der Waals surface area contributed by atoms with Crippen LogP contribution >= 0.6 is 11.6 Å². The first-order valence-electron chi connectivity index (χ1n) is 6.46. The highest BCUT2D eigenvalue weighted by atomic mass is 35.5. The summed E-state index contributed by atoms with van der Waals surface area (Å²) in [6.45, 7) is 0.793. The summed E-state index contributed by atoms with van der Waals surface area (Å²) < 4.78 is 19.7. The minimum Gasteiger partial charge on any atom is -0.379 e. The molecule has 1 unspecified atom stereocenters. The summed E-state index contributed by atoms with van der Waals surface area (Å²) in [5, 5.41) is -0.0919. The number of ether oxygens (including phenoxy) is 1. The van der Waals surface area contributed by atoms with E-state index in [1.807, 2.05) is 0 Å². The molecule has 1 fully saturated rings. The SMILES string of the molecule is O=c1[nH]c(Cl)c(-c2cccc(F)c2)c(=O)n1C1CCOC1. The maximum absolute atomic E-state index is 13.4. The number of nitrogens with zero attached hydrogens (tertiary/aromatic N) is 1. The van der Waals surface area contributed by atoms with E-state index in [1.165, 1.54) is 18.2 Å². The van der Waals surface area contributed by atoms with E-state index in [4.69, 9.17) is 16.3 Å². The summed E-state index contributed by atoms with van der Waals surface area (Å²) in [6.07, 6.45) is 0.577. The van der Waals surface area contributed by atoms with E-state index in [1.54, 1.807) is 6.07 Å². The van der Waals surface area contributed by atoms with Crippen LogP contribution in [-0.4, -0.2) is 22.8 Å². The van der Waals surface area contributed by atoms with Crippen molar-refractivity contribution in [3.8, 4) is 11.1 Å². The van der Waals surface area contributed by atoms with Crippen LogP contribution in [0.4, 0.5) is 4.39 Å². The van der Waals surface area contributed by atoms with E-state index in [9.17, 15) is 14.0 Å². The quantitative estimate of drug-likeness (QED) is 0.862. The number of hydrogen-bond acceptors (Lipinski definition) is 3. The molecule has 7 heteroatoms. The van der Waals surface area contributed by atoms with Crippen LogP contribution in [0, 0.1) is 5.82 Å². The molecule has 2 heterocycles. The van der Waals surface area contributed by atoms with Crippen molar-refractivity contribution in [1.82, 2.24) is 9.55 Å². The standard InChI is InChI=1S/C14H12ClFN2O3/c15-12-11(8-2-1-3-9(16)6-8)13(19)18(14(20)17-12)10-4-5-21-7-10/h1-3,6,10H,4-5,7H2,(H,17,20). The van der Waals surface area contributed by atoms with Gasteiger partial charge < -0.3 is 4.74 Å². The van der Waals surface area contributed by atoms with Crippen molar-refractivity contribution in [3.05, 3.63) is 56.1 Å². The second-order valence-corrected chi connectivity index (χ2v) is 5.20. The van der Waals surface area contributed by atoms with Gasteiger partial charge in [0.05, 0.1) is 18.2 Å². The number of aromatic nitrogens is 2. The Balaban J connectivity index is 2.24. The average Bonchev–Trinajstić information content (AvgIpc) is 2.92. The third kappa shape index (κ3) is 2.52. The first kappa shape index (κ1) is 14.0. The number of hydrogen-bond donors (Lipinski definition) is 1. The van der Waals surface area contributed by atoms with Gasteiger partial charge in [-0.3, -0.25) is 14.3 Å². The lowest BCUT2D eigenvalue weighted by atomic mass is 10.1. The number of aromatic amines is 1. The Morgan fingerprint density at radius 2 is 2.19 bits per heavy atom. The Labute approximate surface area is 123 Å². The van der Waals surface area contributed by atoms with Gasteiger partial charge >= 0.3 is 5.69 Å². The molecule has 110 valence electrons. The van der Waals surface area contributed by atoms with Crippen molar-refractivity contribution in [2.75, 3.05) is 13.2 Å². The maximum atomic E-state index is 13.4. The Bertz CT molecular complexity index is 794. The lowest BCUT2D eigenvalue weighted by Crippen LogP contribution is -2.39. The number of halogens is 2. The van der Waals surface area contributed by atoms with Crippen molar-refractivity contribution >= 4 is 11.6 Å². The summed E-state index contributed by atoms with van der Waals surface area (Å²) in [5.74, 6) is -0.482. The molecule has 1 aromatic heterocycles. The minimum atomic E-state index is -0.583. The molecule has 0 spiro atoms. The number of benzene rings is 1. The highest BCUT2D eigenvalue weighted by Crippen LogP contribution is 2.23. The summed E-state index contributed by atoms with van der Waals surface area (Å²) in [4.78, 5) is 27.0. The van der Waals surface area contributed by atoms with E-state index < -0.39 is 17.1 Å². The normalized spacial score (nSPS) is 18.1. The lowest BCUT2D eigenvalue weighted by Gasteiger charge is -2.13. The van der Waals surface area contributed by atoms with Crippen molar-refractivity contribution in [2.24, 2.45) is 0 Å². The molecule has 2 aromatic rings. The van der Waals surface area contributed by atoms with Crippen LogP contribution in [0.1, 0.15) is 12.5 Å². The van der Waals surface area contributed by atoms with Gasteiger partial charge in [-0.2, -0.15) is 0 Å². The lowest BCUT2D eigenvalue weighted by molar-refractivity contribution is 0.185. The van der Waals surface area contributed by atoms with Crippen LogP contribution in [0.2, 0.25) is 5.15 Å². The summed E-state index contributed by atoms with van der Waals surface area (Å²) in [6, 6.07) is 5.20. The molecule has 1 saturated heterocycles. The van der Waals surface area contributed by atoms with Gasteiger partial charge in [0.2, 0.25) is 0 Å². The van der Waals surface area contributed by atoms with Gasteiger partial charge in [-0.15, -0.1) is 0 Å². The second kappa shape index (κ2) is 5.46. The number of rotatable bonds is 2. The molecule has 1 aliphatic heterocycles. The van der Waals surface area contributed by atoms with Gasteiger partial charge in [-0.05, 0) is 24.1 Å². The van der Waals surface area contributed by atoms with E-state index in [2.05, 4.69) is 4.98 Å². The second-order valence-electron chi connectivity index (χ2n) is 4.82. The molecule has 3 rings (SSSR count). The molecule has 0 amide bonds. The molecule has 5 nitrogen and oxygen atoms in total. The highest BCUT2D eigenvalue weighted by molar-refractivity contribution is 6.32. The third-order valence-corrected chi connectivity index (χ3v) is 3.76. The van der Waals surface area contributed by atoms with Crippen LogP contribution in [-0.2, 0) is 4.74 Å². The predicted molar refractivity (Wildman–Crippen MR) is 76.2 cm³/mol. The molecule has 0 bridgehead atoms. The Hall–Kier alpha value is -1.92. The summed E-state index contributed by atoms with van der Waals surface area (Å²) >= 11 is 5.98. The van der Waals surface area contributed by atoms with Crippen molar-refractivity contribution in [3.63, 3.8) is 0 Å². The van der Waals surface area contributed by atoms with Crippen molar-refractivity contribution in [2.45, 2.75) is 12.5 Å². The molecule has 1 aliphatic rings. The number of nitrogens with one attached hydrogen (secondary N) is 1. The van der Waals surface area contributed by atoms with Gasteiger partial charge in [0, 0.05) is 6.61 Å². The molecule has 0 saturated carbocycles. The van der Waals surface area contributed by atoms with Crippen LogP contribution in [0.3, 0.4) is 0 Å². The molecular weight excluding hydrogens is 299 g/mol. The predicted octanol–water partition coefficient (Wildman–Crippen LogP) is 1.96. The van der Waals surface area contributed by atoms with E-state index in [-0.39, 0.29) is 16.8 Å². The highest BCUT2D eigenvalue weighted by Gasteiger charge is 2.24. The van der Waals surface area contributed by atoms with Crippen molar-refractivity contribution in [1.29, 1.82) is 0 Å². The van der Waals surface area contributed by atoms with Gasteiger partial charge in [-0.1, -0.05) is 23.7 Å². The topological polar surface area (TPSA) is 64.1 Å². The zero-order valence-corrected chi connectivity index (χ0v) is 11.7. The molecule has 1 atom stereocenters.